The summed E-state index contributed by atoms with van der Waals surface area (Å²) in [5.74, 6) is 4.28. The van der Waals surface area contributed by atoms with Gasteiger partial charge in [0.2, 0.25) is 5.91 Å². The van der Waals surface area contributed by atoms with Gasteiger partial charge >= 0.3 is 12.9 Å². The SMILES string of the molecule is C=CC(=O)NCc1cc(-c2ccc(OC(F)(F)F)cc2)c(C)c(N(CC#CC)C(F)F)c1CCO. The summed E-state index contributed by atoms with van der Waals surface area (Å²) in [6.07, 6.45) is -3.77. The van der Waals surface area contributed by atoms with E-state index in [1.165, 1.54) is 19.1 Å². The van der Waals surface area contributed by atoms with Gasteiger partial charge in [0.05, 0.1) is 6.54 Å². The first kappa shape index (κ1) is 27.7. The molecule has 5 nitrogen and oxygen atoms in total. The third kappa shape index (κ3) is 7.45. The van der Waals surface area contributed by atoms with Crippen LogP contribution in [0.1, 0.15) is 23.6 Å². The predicted molar refractivity (Wildman–Crippen MR) is 123 cm³/mol. The van der Waals surface area contributed by atoms with Crippen molar-refractivity contribution >= 4 is 11.6 Å². The molecule has 2 N–H and O–H groups in total. The van der Waals surface area contributed by atoms with E-state index in [0.717, 1.165) is 23.1 Å². The van der Waals surface area contributed by atoms with Gasteiger partial charge in [-0.15, -0.1) is 19.1 Å². The Bertz CT molecular complexity index is 1100. The zero-order valence-electron chi connectivity index (χ0n) is 19.2. The summed E-state index contributed by atoms with van der Waals surface area (Å²) in [5, 5.41) is 12.2. The number of nitrogens with zero attached hydrogens (tertiary/aromatic N) is 1. The fourth-order valence-corrected chi connectivity index (χ4v) is 3.61. The van der Waals surface area contributed by atoms with E-state index in [-0.39, 0.29) is 31.8 Å². The smallest absolute Gasteiger partial charge is 0.406 e. The van der Waals surface area contributed by atoms with Crippen molar-refractivity contribution < 1.29 is 36.6 Å². The molecule has 2 aromatic carbocycles. The summed E-state index contributed by atoms with van der Waals surface area (Å²) in [6.45, 7) is 2.88. The van der Waals surface area contributed by atoms with Crippen molar-refractivity contribution in [3.05, 3.63) is 59.7 Å². The van der Waals surface area contributed by atoms with Crippen LogP contribution in [-0.2, 0) is 17.8 Å². The van der Waals surface area contributed by atoms with Crippen molar-refractivity contribution in [2.24, 2.45) is 0 Å². The normalized spacial score (nSPS) is 11.0. The lowest BCUT2D eigenvalue weighted by Crippen LogP contribution is -2.32. The Morgan fingerprint density at radius 2 is 1.94 bits per heavy atom. The lowest BCUT2D eigenvalue weighted by atomic mass is 9.90. The van der Waals surface area contributed by atoms with Gasteiger partial charge in [0.15, 0.2) is 0 Å². The number of anilines is 1. The number of halogens is 5. The molecule has 35 heavy (non-hydrogen) atoms. The maximum absolute atomic E-state index is 14.1. The summed E-state index contributed by atoms with van der Waals surface area (Å²) in [4.78, 5) is 12.6. The number of nitrogens with one attached hydrogen (secondary N) is 1. The number of ether oxygens (including phenoxy) is 1. The average molecular weight is 496 g/mol. The highest BCUT2D eigenvalue weighted by molar-refractivity contribution is 5.87. The zero-order chi connectivity index (χ0) is 26.2. The lowest BCUT2D eigenvalue weighted by Gasteiger charge is -2.29. The van der Waals surface area contributed by atoms with E-state index < -0.39 is 24.6 Å². The predicted octanol–water partition coefficient (Wildman–Crippen LogP) is 4.95. The molecule has 0 aromatic heterocycles. The molecular formula is C25H25F5N2O3. The highest BCUT2D eigenvalue weighted by Gasteiger charge is 2.31. The zero-order valence-corrected chi connectivity index (χ0v) is 19.2. The molecule has 188 valence electrons. The largest absolute Gasteiger partial charge is 0.573 e. The van der Waals surface area contributed by atoms with Crippen molar-refractivity contribution in [2.75, 3.05) is 18.1 Å². The standard InChI is InChI=1S/C25H25F5N2O3/c1-4-6-12-32(24(26)27)23-16(3)21(17-7-9-19(10-8-17)35-25(28,29)30)14-18(20(23)11-13-33)15-31-22(34)5-2/h5,7-10,14,24,33H,2,11-13,15H2,1,3H3,(H,31,34). The third-order valence-corrected chi connectivity index (χ3v) is 5.10. The minimum absolute atomic E-state index is 0.0247. The Morgan fingerprint density at radius 1 is 1.29 bits per heavy atom. The fourth-order valence-electron chi connectivity index (χ4n) is 3.61. The molecule has 0 spiro atoms. The molecule has 0 bridgehead atoms. The van der Waals surface area contributed by atoms with Crippen LogP contribution in [-0.4, -0.2) is 37.1 Å². The minimum Gasteiger partial charge on any atom is -0.406 e. The Labute approximate surface area is 200 Å². The number of benzene rings is 2. The Kier molecular flexibility index (Phi) is 9.66. The van der Waals surface area contributed by atoms with Crippen LogP contribution in [0.25, 0.3) is 11.1 Å². The van der Waals surface area contributed by atoms with E-state index in [9.17, 15) is 31.9 Å². The molecule has 0 saturated carbocycles. The maximum atomic E-state index is 14.1. The van der Waals surface area contributed by atoms with Gasteiger partial charge < -0.3 is 20.1 Å². The molecule has 0 aliphatic carbocycles. The van der Waals surface area contributed by atoms with Crippen LogP contribution in [0.2, 0.25) is 0 Å². The molecule has 0 aliphatic heterocycles. The molecule has 0 aliphatic rings. The Hall–Kier alpha value is -3.58. The molecule has 2 rings (SSSR count). The van der Waals surface area contributed by atoms with Crippen LogP contribution in [0, 0.1) is 18.8 Å². The van der Waals surface area contributed by atoms with Gasteiger partial charge in [0.25, 0.3) is 0 Å². The summed E-state index contributed by atoms with van der Waals surface area (Å²) >= 11 is 0. The fraction of sp³-hybridized carbons (Fsp3) is 0.320. The summed E-state index contributed by atoms with van der Waals surface area (Å²) < 4.78 is 69.8. The number of aliphatic hydroxyl groups is 1. The third-order valence-electron chi connectivity index (χ3n) is 5.10. The highest BCUT2D eigenvalue weighted by Crippen LogP contribution is 2.39. The van der Waals surface area contributed by atoms with E-state index in [0.29, 0.717) is 27.8 Å². The monoisotopic (exact) mass is 496 g/mol. The molecule has 10 heteroatoms. The molecule has 0 fully saturated rings. The number of carbonyl (C=O) groups is 1. The Balaban J connectivity index is 2.74. The first-order chi connectivity index (χ1) is 16.5. The van der Waals surface area contributed by atoms with Gasteiger partial charge in [-0.1, -0.05) is 24.6 Å². The molecule has 0 atom stereocenters. The lowest BCUT2D eigenvalue weighted by molar-refractivity contribution is -0.274. The molecular weight excluding hydrogens is 471 g/mol. The average Bonchev–Trinajstić information content (AvgIpc) is 2.79. The summed E-state index contributed by atoms with van der Waals surface area (Å²) in [7, 11) is 0. The molecule has 0 heterocycles. The second-order valence-electron chi connectivity index (χ2n) is 7.34. The van der Waals surface area contributed by atoms with Gasteiger partial charge in [-0.3, -0.25) is 4.79 Å². The number of hydrogen-bond acceptors (Lipinski definition) is 4. The number of hydrogen-bond donors (Lipinski definition) is 2. The van der Waals surface area contributed by atoms with Crippen LogP contribution in [0.4, 0.5) is 27.6 Å². The quantitative estimate of drug-likeness (QED) is 0.212. The van der Waals surface area contributed by atoms with Crippen molar-refractivity contribution in [1.82, 2.24) is 5.32 Å². The molecule has 0 unspecified atom stereocenters. The van der Waals surface area contributed by atoms with Gasteiger partial charge in [-0.05, 0) is 72.4 Å². The van der Waals surface area contributed by atoms with Crippen molar-refractivity contribution in [2.45, 2.75) is 39.7 Å². The number of amides is 1. The number of rotatable bonds is 10. The molecule has 1 amide bonds. The van der Waals surface area contributed by atoms with E-state index in [4.69, 9.17) is 0 Å². The molecule has 0 saturated heterocycles. The van der Waals surface area contributed by atoms with Crippen molar-refractivity contribution in [3.8, 4) is 28.7 Å². The molecule has 0 radical (unpaired) electrons. The summed E-state index contributed by atoms with van der Waals surface area (Å²) in [6, 6.07) is 6.65. The highest BCUT2D eigenvalue weighted by atomic mass is 19.4. The second-order valence-corrected chi connectivity index (χ2v) is 7.34. The van der Waals surface area contributed by atoms with Gasteiger partial charge in [-0.2, -0.15) is 8.78 Å². The topological polar surface area (TPSA) is 61.8 Å². The van der Waals surface area contributed by atoms with E-state index in [1.807, 2.05) is 0 Å². The van der Waals surface area contributed by atoms with Crippen molar-refractivity contribution in [3.63, 3.8) is 0 Å². The van der Waals surface area contributed by atoms with E-state index in [2.05, 4.69) is 28.5 Å². The van der Waals surface area contributed by atoms with Gasteiger partial charge in [0, 0.05) is 18.8 Å². The van der Waals surface area contributed by atoms with Crippen LogP contribution in [0.3, 0.4) is 0 Å². The maximum Gasteiger partial charge on any atom is 0.573 e. The van der Waals surface area contributed by atoms with E-state index in [1.54, 1.807) is 13.0 Å². The van der Waals surface area contributed by atoms with Crippen LogP contribution in [0.15, 0.2) is 43.0 Å². The molecule has 2 aromatic rings. The first-order valence-corrected chi connectivity index (χ1v) is 10.5. The van der Waals surface area contributed by atoms with E-state index >= 15 is 0 Å². The van der Waals surface area contributed by atoms with Crippen molar-refractivity contribution in [1.29, 1.82) is 0 Å². The minimum atomic E-state index is -4.86. The van der Waals surface area contributed by atoms with Crippen LogP contribution >= 0.6 is 0 Å². The number of alkyl halides is 5. The first-order valence-electron chi connectivity index (χ1n) is 10.5. The van der Waals surface area contributed by atoms with Crippen LogP contribution in [0.5, 0.6) is 5.75 Å². The number of aliphatic hydroxyl groups excluding tert-OH is 1. The van der Waals surface area contributed by atoms with Crippen LogP contribution < -0.4 is 15.0 Å². The second kappa shape index (κ2) is 12.2. The van der Waals surface area contributed by atoms with Gasteiger partial charge in [0.1, 0.15) is 5.75 Å². The number of carbonyl (C=O) groups excluding carboxylic acids is 1. The Morgan fingerprint density at radius 3 is 2.46 bits per heavy atom. The summed E-state index contributed by atoms with van der Waals surface area (Å²) in [5.41, 5.74) is 2.30. The van der Waals surface area contributed by atoms with Gasteiger partial charge in [-0.25, -0.2) is 0 Å².